The van der Waals surface area contributed by atoms with E-state index >= 15 is 0 Å². The molecule has 0 saturated heterocycles. The first-order chi connectivity index (χ1) is 5.55. The minimum Gasteiger partial charge on any atom is -0.365 e. The molecule has 0 saturated carbocycles. The second-order valence-corrected chi connectivity index (χ2v) is 2.28. The third-order valence-electron chi connectivity index (χ3n) is 1.41. The number of carbonyl (C=O) groups is 1. The van der Waals surface area contributed by atoms with Crippen molar-refractivity contribution in [2.45, 2.75) is 5.79 Å². The summed E-state index contributed by atoms with van der Waals surface area (Å²) in [4.78, 5) is 14.1. The Morgan fingerprint density at radius 1 is 1.58 bits per heavy atom. The number of primary amides is 1. The van der Waals surface area contributed by atoms with Gasteiger partial charge in [-0.05, 0) is 6.07 Å². The molecule has 0 unspecified atom stereocenters. The number of nitrogens with two attached hydrogens (primary N) is 1. The number of pyridine rings is 1. The van der Waals surface area contributed by atoms with Gasteiger partial charge in [0.15, 0.2) is 0 Å². The molecule has 1 aromatic rings. The second-order valence-electron chi connectivity index (χ2n) is 2.28. The van der Waals surface area contributed by atoms with E-state index in [-0.39, 0.29) is 5.56 Å². The number of aliphatic hydroxyl groups is 2. The number of aromatic nitrogens is 1. The Balaban J connectivity index is 3.06. The molecule has 1 heterocycles. The second kappa shape index (κ2) is 2.88. The Morgan fingerprint density at radius 3 is 2.67 bits per heavy atom. The van der Waals surface area contributed by atoms with Gasteiger partial charge in [-0.1, -0.05) is 6.07 Å². The molecule has 5 heteroatoms. The van der Waals surface area contributed by atoms with E-state index in [1.165, 1.54) is 18.3 Å². The Bertz CT molecular complexity index is 284. The molecule has 5 nitrogen and oxygen atoms in total. The number of hydrogen-bond donors (Lipinski definition) is 3. The molecule has 1 aromatic heterocycles. The Kier molecular flexibility index (Phi) is 2.07. The van der Waals surface area contributed by atoms with Crippen molar-refractivity contribution in [3.05, 3.63) is 30.1 Å². The van der Waals surface area contributed by atoms with Crippen LogP contribution in [0.25, 0.3) is 0 Å². The summed E-state index contributed by atoms with van der Waals surface area (Å²) < 4.78 is 0. The van der Waals surface area contributed by atoms with Gasteiger partial charge in [-0.2, -0.15) is 0 Å². The van der Waals surface area contributed by atoms with Gasteiger partial charge < -0.3 is 15.9 Å². The summed E-state index contributed by atoms with van der Waals surface area (Å²) in [7, 11) is 0. The zero-order valence-corrected chi connectivity index (χ0v) is 6.14. The number of hydrogen-bond acceptors (Lipinski definition) is 4. The van der Waals surface area contributed by atoms with E-state index in [2.05, 4.69) is 4.98 Å². The van der Waals surface area contributed by atoms with Crippen molar-refractivity contribution in [1.29, 1.82) is 0 Å². The van der Waals surface area contributed by atoms with Crippen LogP contribution in [0, 0.1) is 0 Å². The summed E-state index contributed by atoms with van der Waals surface area (Å²) >= 11 is 0. The van der Waals surface area contributed by atoms with E-state index in [0.717, 1.165) is 6.20 Å². The van der Waals surface area contributed by atoms with Crippen molar-refractivity contribution in [3.8, 4) is 0 Å². The molecule has 0 aliphatic rings. The van der Waals surface area contributed by atoms with Crippen LogP contribution in [-0.4, -0.2) is 21.1 Å². The minimum absolute atomic E-state index is 0.0440. The normalized spacial score (nSPS) is 11.2. The predicted molar refractivity (Wildman–Crippen MR) is 39.5 cm³/mol. The van der Waals surface area contributed by atoms with Crippen molar-refractivity contribution in [1.82, 2.24) is 4.98 Å². The summed E-state index contributed by atoms with van der Waals surface area (Å²) in [5.41, 5.74) is 4.69. The van der Waals surface area contributed by atoms with Gasteiger partial charge in [0.2, 0.25) is 0 Å². The molecule has 1 rings (SSSR count). The van der Waals surface area contributed by atoms with Gasteiger partial charge in [-0.25, -0.2) is 0 Å². The van der Waals surface area contributed by atoms with Crippen LogP contribution in [0.5, 0.6) is 0 Å². The first kappa shape index (κ1) is 8.63. The topological polar surface area (TPSA) is 96.4 Å². The van der Waals surface area contributed by atoms with Gasteiger partial charge in [0.05, 0.1) is 0 Å². The van der Waals surface area contributed by atoms with E-state index in [9.17, 15) is 4.79 Å². The third kappa shape index (κ3) is 1.41. The van der Waals surface area contributed by atoms with Gasteiger partial charge in [0.25, 0.3) is 11.7 Å². The molecule has 12 heavy (non-hydrogen) atoms. The zero-order chi connectivity index (χ0) is 9.19. The third-order valence-corrected chi connectivity index (χ3v) is 1.41. The van der Waals surface area contributed by atoms with Crippen LogP contribution >= 0.6 is 0 Å². The lowest BCUT2D eigenvalue weighted by Gasteiger charge is -2.16. The van der Waals surface area contributed by atoms with Crippen LogP contribution in [0.4, 0.5) is 0 Å². The van der Waals surface area contributed by atoms with E-state index in [0.29, 0.717) is 0 Å². The highest BCUT2D eigenvalue weighted by Gasteiger charge is 2.33. The Labute approximate surface area is 68.5 Å². The molecule has 0 spiro atoms. The molecule has 0 bridgehead atoms. The largest absolute Gasteiger partial charge is 0.365 e. The number of amides is 1. The van der Waals surface area contributed by atoms with Gasteiger partial charge in [-0.3, -0.25) is 9.78 Å². The molecule has 1 amide bonds. The molecule has 0 atom stereocenters. The molecule has 0 fully saturated rings. The van der Waals surface area contributed by atoms with Crippen LogP contribution < -0.4 is 5.73 Å². The molecule has 64 valence electrons. The smallest absolute Gasteiger partial charge is 0.282 e. The fraction of sp³-hybridized carbons (Fsp3) is 0.143. The average molecular weight is 168 g/mol. The molecule has 0 aromatic carbocycles. The number of nitrogens with zero attached hydrogens (tertiary/aromatic N) is 1. The van der Waals surface area contributed by atoms with Crippen molar-refractivity contribution in [3.63, 3.8) is 0 Å². The SMILES string of the molecule is NC(=O)C(O)(O)c1cccnc1. The lowest BCUT2D eigenvalue weighted by atomic mass is 10.1. The molecule has 0 radical (unpaired) electrons. The molecular weight excluding hydrogens is 160 g/mol. The van der Waals surface area contributed by atoms with E-state index in [1.54, 1.807) is 0 Å². The monoisotopic (exact) mass is 168 g/mol. The van der Waals surface area contributed by atoms with Gasteiger partial charge in [-0.15, -0.1) is 0 Å². The van der Waals surface area contributed by atoms with Gasteiger partial charge in [0.1, 0.15) is 0 Å². The average Bonchev–Trinajstić information content (AvgIpc) is 2.06. The lowest BCUT2D eigenvalue weighted by molar-refractivity contribution is -0.186. The van der Waals surface area contributed by atoms with Crippen molar-refractivity contribution in [2.75, 3.05) is 0 Å². The minimum atomic E-state index is -2.63. The summed E-state index contributed by atoms with van der Waals surface area (Å²) in [5.74, 6) is -3.86. The van der Waals surface area contributed by atoms with E-state index in [4.69, 9.17) is 15.9 Å². The highest BCUT2D eigenvalue weighted by atomic mass is 16.5. The maximum Gasteiger partial charge on any atom is 0.282 e. The molecule has 4 N–H and O–H groups in total. The van der Waals surface area contributed by atoms with E-state index in [1.807, 2.05) is 0 Å². The maximum atomic E-state index is 10.5. The van der Waals surface area contributed by atoms with Crippen LogP contribution in [0.1, 0.15) is 5.56 Å². The Hall–Kier alpha value is -1.46. The molecule has 0 aliphatic carbocycles. The quantitative estimate of drug-likeness (QED) is 0.478. The standard InChI is InChI=1S/C7H8N2O3/c8-6(10)7(11,12)5-2-1-3-9-4-5/h1-4,11-12H,(H2,8,10). The summed E-state index contributed by atoms with van der Waals surface area (Å²) in [5, 5.41) is 18.2. The van der Waals surface area contributed by atoms with E-state index < -0.39 is 11.7 Å². The maximum absolute atomic E-state index is 10.5. The fourth-order valence-corrected chi connectivity index (χ4v) is 0.711. The number of rotatable bonds is 2. The lowest BCUT2D eigenvalue weighted by Crippen LogP contribution is -2.40. The first-order valence-corrected chi connectivity index (χ1v) is 3.20. The van der Waals surface area contributed by atoms with Crippen LogP contribution in [0.2, 0.25) is 0 Å². The Morgan fingerprint density at radius 2 is 2.25 bits per heavy atom. The molecule has 0 aliphatic heterocycles. The summed E-state index contributed by atoms with van der Waals surface area (Å²) in [6.07, 6.45) is 2.60. The number of carbonyl (C=O) groups excluding carboxylic acids is 1. The first-order valence-electron chi connectivity index (χ1n) is 3.20. The van der Waals surface area contributed by atoms with Crippen molar-refractivity contribution < 1.29 is 15.0 Å². The molecular formula is C7H8N2O3. The summed E-state index contributed by atoms with van der Waals surface area (Å²) in [6, 6.07) is 2.82. The predicted octanol–water partition coefficient (Wildman–Crippen LogP) is -1.30. The highest BCUT2D eigenvalue weighted by Crippen LogP contribution is 2.14. The zero-order valence-electron chi connectivity index (χ0n) is 6.14. The van der Waals surface area contributed by atoms with Gasteiger partial charge in [0, 0.05) is 18.0 Å². The van der Waals surface area contributed by atoms with Crippen molar-refractivity contribution in [2.24, 2.45) is 5.73 Å². The van der Waals surface area contributed by atoms with Crippen LogP contribution in [-0.2, 0) is 10.6 Å². The summed E-state index contributed by atoms with van der Waals surface area (Å²) in [6.45, 7) is 0. The van der Waals surface area contributed by atoms with Crippen LogP contribution in [0.3, 0.4) is 0 Å². The fourth-order valence-electron chi connectivity index (χ4n) is 0.711. The highest BCUT2D eigenvalue weighted by molar-refractivity contribution is 5.82. The van der Waals surface area contributed by atoms with Gasteiger partial charge >= 0.3 is 0 Å². The van der Waals surface area contributed by atoms with Crippen LogP contribution in [0.15, 0.2) is 24.5 Å². The van der Waals surface area contributed by atoms with Crippen molar-refractivity contribution >= 4 is 5.91 Å².